The Hall–Kier alpha value is -3.34. The second-order valence-electron chi connectivity index (χ2n) is 6.81. The minimum absolute atomic E-state index is 0.0362. The minimum atomic E-state index is -3.98. The average Bonchev–Trinajstić information content (AvgIpc) is 3.36. The predicted octanol–water partition coefficient (Wildman–Crippen LogP) is 2.58. The SMILES string of the molecule is COc1ccc(C(=O)NCCNC(=O)c2ccco2)cc1S(=O)(=O)NCc1ccc(Cl)cc1. The van der Waals surface area contributed by atoms with Gasteiger partial charge in [0.15, 0.2) is 5.76 Å². The quantitative estimate of drug-likeness (QED) is 0.374. The number of amides is 2. The van der Waals surface area contributed by atoms with Crippen LogP contribution in [0.15, 0.2) is 70.2 Å². The molecular formula is C22H22ClN3O6S. The van der Waals surface area contributed by atoms with Crippen LogP contribution in [0.1, 0.15) is 26.5 Å². The lowest BCUT2D eigenvalue weighted by Gasteiger charge is -2.13. The molecule has 174 valence electrons. The number of nitrogens with one attached hydrogen (secondary N) is 3. The van der Waals surface area contributed by atoms with E-state index in [4.69, 9.17) is 20.8 Å². The summed E-state index contributed by atoms with van der Waals surface area (Å²) in [5.41, 5.74) is 0.840. The predicted molar refractivity (Wildman–Crippen MR) is 122 cm³/mol. The maximum atomic E-state index is 12.9. The first-order chi connectivity index (χ1) is 15.8. The Morgan fingerprint density at radius 3 is 2.33 bits per heavy atom. The third-order valence-corrected chi connectivity index (χ3v) is 6.21. The lowest BCUT2D eigenvalue weighted by molar-refractivity contribution is 0.0910. The summed E-state index contributed by atoms with van der Waals surface area (Å²) in [7, 11) is -2.64. The van der Waals surface area contributed by atoms with E-state index in [1.165, 1.54) is 37.6 Å². The summed E-state index contributed by atoms with van der Waals surface area (Å²) in [5, 5.41) is 5.77. The summed E-state index contributed by atoms with van der Waals surface area (Å²) in [6.45, 7) is 0.331. The van der Waals surface area contributed by atoms with Gasteiger partial charge in [0.25, 0.3) is 11.8 Å². The topological polar surface area (TPSA) is 127 Å². The first-order valence-electron chi connectivity index (χ1n) is 9.82. The van der Waals surface area contributed by atoms with E-state index in [1.54, 1.807) is 30.3 Å². The van der Waals surface area contributed by atoms with Crippen molar-refractivity contribution in [3.8, 4) is 5.75 Å². The van der Waals surface area contributed by atoms with Crippen molar-refractivity contribution >= 4 is 33.4 Å². The summed E-state index contributed by atoms with van der Waals surface area (Å²) in [6, 6.07) is 13.9. The number of halogens is 1. The molecule has 0 aliphatic rings. The van der Waals surface area contributed by atoms with Crippen molar-refractivity contribution in [2.24, 2.45) is 0 Å². The Bertz CT molecular complexity index is 1210. The van der Waals surface area contributed by atoms with Crippen LogP contribution < -0.4 is 20.1 Å². The molecule has 3 aromatic rings. The highest BCUT2D eigenvalue weighted by molar-refractivity contribution is 7.89. The number of carbonyl (C=O) groups excluding carboxylic acids is 2. The average molecular weight is 492 g/mol. The molecule has 2 aromatic carbocycles. The third-order valence-electron chi connectivity index (χ3n) is 4.54. The number of carbonyl (C=O) groups is 2. The van der Waals surface area contributed by atoms with Gasteiger partial charge in [-0.15, -0.1) is 0 Å². The number of hydrogen-bond donors (Lipinski definition) is 3. The Kier molecular flexibility index (Phi) is 8.10. The molecular weight excluding hydrogens is 470 g/mol. The van der Waals surface area contributed by atoms with Crippen LogP contribution in [-0.2, 0) is 16.6 Å². The number of methoxy groups -OCH3 is 1. The molecule has 0 aliphatic heterocycles. The van der Waals surface area contributed by atoms with Crippen molar-refractivity contribution in [3.05, 3.63) is 82.8 Å². The van der Waals surface area contributed by atoms with E-state index in [9.17, 15) is 18.0 Å². The van der Waals surface area contributed by atoms with Crippen LogP contribution in [0.2, 0.25) is 5.02 Å². The maximum Gasteiger partial charge on any atom is 0.287 e. The molecule has 0 spiro atoms. The van der Waals surface area contributed by atoms with Crippen LogP contribution in [0.5, 0.6) is 5.75 Å². The molecule has 0 aliphatic carbocycles. The van der Waals surface area contributed by atoms with Crippen molar-refractivity contribution in [3.63, 3.8) is 0 Å². The van der Waals surface area contributed by atoms with Crippen LogP contribution in [0.3, 0.4) is 0 Å². The van der Waals surface area contributed by atoms with E-state index in [2.05, 4.69) is 15.4 Å². The normalized spacial score (nSPS) is 11.1. The van der Waals surface area contributed by atoms with Crippen molar-refractivity contribution in [2.75, 3.05) is 20.2 Å². The van der Waals surface area contributed by atoms with Crippen LogP contribution in [0.25, 0.3) is 0 Å². The molecule has 11 heteroatoms. The first-order valence-corrected chi connectivity index (χ1v) is 11.7. The molecule has 1 aromatic heterocycles. The van der Waals surface area contributed by atoms with Gasteiger partial charge in [-0.1, -0.05) is 23.7 Å². The lowest BCUT2D eigenvalue weighted by atomic mass is 10.2. The van der Waals surface area contributed by atoms with Crippen LogP contribution in [0.4, 0.5) is 0 Å². The van der Waals surface area contributed by atoms with E-state index < -0.39 is 21.8 Å². The zero-order valence-corrected chi connectivity index (χ0v) is 19.2. The molecule has 1 heterocycles. The molecule has 0 fully saturated rings. The summed E-state index contributed by atoms with van der Waals surface area (Å²) in [6.07, 6.45) is 1.39. The van der Waals surface area contributed by atoms with Gasteiger partial charge < -0.3 is 19.8 Å². The summed E-state index contributed by atoms with van der Waals surface area (Å²) >= 11 is 5.85. The van der Waals surface area contributed by atoms with Gasteiger partial charge in [-0.3, -0.25) is 9.59 Å². The van der Waals surface area contributed by atoms with Gasteiger partial charge in [0, 0.05) is 30.2 Å². The number of hydrogen-bond acceptors (Lipinski definition) is 6. The Balaban J connectivity index is 1.63. The second-order valence-corrected chi connectivity index (χ2v) is 8.98. The zero-order valence-electron chi connectivity index (χ0n) is 17.6. The number of benzene rings is 2. The van der Waals surface area contributed by atoms with Crippen molar-refractivity contribution in [1.29, 1.82) is 0 Å². The fraction of sp³-hybridized carbons (Fsp3) is 0.182. The first kappa shape index (κ1) is 24.3. The molecule has 0 saturated carbocycles. The molecule has 9 nitrogen and oxygen atoms in total. The van der Waals surface area contributed by atoms with Crippen molar-refractivity contribution in [2.45, 2.75) is 11.4 Å². The summed E-state index contributed by atoms with van der Waals surface area (Å²) < 4.78 is 38.4. The molecule has 33 heavy (non-hydrogen) atoms. The van der Waals surface area contributed by atoms with Crippen molar-refractivity contribution < 1.29 is 27.2 Å². The minimum Gasteiger partial charge on any atom is -0.495 e. The smallest absolute Gasteiger partial charge is 0.287 e. The van der Waals surface area contributed by atoms with Gasteiger partial charge >= 0.3 is 0 Å². The van der Waals surface area contributed by atoms with Gasteiger partial charge in [-0.2, -0.15) is 0 Å². The van der Waals surface area contributed by atoms with Crippen LogP contribution in [-0.4, -0.2) is 40.4 Å². The van der Waals surface area contributed by atoms with Gasteiger partial charge in [-0.25, -0.2) is 13.1 Å². The third kappa shape index (κ3) is 6.58. The molecule has 3 rings (SSSR count). The molecule has 0 saturated heterocycles. The van der Waals surface area contributed by atoms with Gasteiger partial charge in [0.05, 0.1) is 13.4 Å². The van der Waals surface area contributed by atoms with Gasteiger partial charge in [-0.05, 0) is 48.0 Å². The molecule has 2 amide bonds. The highest BCUT2D eigenvalue weighted by Gasteiger charge is 2.21. The van der Waals surface area contributed by atoms with Gasteiger partial charge in [0.2, 0.25) is 10.0 Å². The molecule has 0 bridgehead atoms. The Labute approximate surface area is 196 Å². The fourth-order valence-corrected chi connectivity index (χ4v) is 4.17. The Morgan fingerprint density at radius 1 is 1.00 bits per heavy atom. The Morgan fingerprint density at radius 2 is 1.70 bits per heavy atom. The van der Waals surface area contributed by atoms with Crippen LogP contribution in [0, 0.1) is 0 Å². The number of rotatable bonds is 10. The number of furan rings is 1. The van der Waals surface area contributed by atoms with E-state index in [1.807, 2.05) is 0 Å². The summed E-state index contributed by atoms with van der Waals surface area (Å²) in [5.74, 6) is -0.642. The highest BCUT2D eigenvalue weighted by atomic mass is 35.5. The van der Waals surface area contributed by atoms with E-state index in [0.717, 1.165) is 0 Å². The monoisotopic (exact) mass is 491 g/mol. The molecule has 0 radical (unpaired) electrons. The van der Waals surface area contributed by atoms with Crippen LogP contribution >= 0.6 is 11.6 Å². The molecule has 0 unspecified atom stereocenters. The van der Waals surface area contributed by atoms with E-state index in [-0.39, 0.29) is 41.6 Å². The van der Waals surface area contributed by atoms with E-state index in [0.29, 0.717) is 10.6 Å². The lowest BCUT2D eigenvalue weighted by Crippen LogP contribution is -2.34. The van der Waals surface area contributed by atoms with Gasteiger partial charge in [0.1, 0.15) is 10.6 Å². The molecule has 0 atom stereocenters. The van der Waals surface area contributed by atoms with Crippen molar-refractivity contribution in [1.82, 2.24) is 15.4 Å². The number of sulfonamides is 1. The zero-order chi connectivity index (χ0) is 23.8. The largest absolute Gasteiger partial charge is 0.495 e. The highest BCUT2D eigenvalue weighted by Crippen LogP contribution is 2.25. The second kappa shape index (κ2) is 11.0. The van der Waals surface area contributed by atoms with E-state index >= 15 is 0 Å². The number of ether oxygens (including phenoxy) is 1. The fourth-order valence-electron chi connectivity index (χ4n) is 2.84. The summed E-state index contributed by atoms with van der Waals surface area (Å²) in [4.78, 5) is 24.1. The standard InChI is InChI=1S/C22H22ClN3O6S/c1-31-18-9-6-16(21(27)24-10-11-25-22(28)19-3-2-12-32-19)13-20(18)33(29,30)26-14-15-4-7-17(23)8-5-15/h2-9,12-13,26H,10-11,14H2,1H3,(H,24,27)(H,25,28). The maximum absolute atomic E-state index is 12.9. The molecule has 3 N–H and O–H groups in total.